The molecule has 0 atom stereocenters. The molecule has 0 aliphatic carbocycles. The van der Waals surface area contributed by atoms with Crippen LogP contribution >= 0.6 is 0 Å². The second-order valence-corrected chi connectivity index (χ2v) is 13.0. The predicted octanol–water partition coefficient (Wildman–Crippen LogP) is 13.7. The van der Waals surface area contributed by atoms with Crippen molar-refractivity contribution in [1.29, 1.82) is 0 Å². The van der Waals surface area contributed by atoms with Gasteiger partial charge in [-0.3, -0.25) is 0 Å². The molecule has 11 rings (SSSR count). The Labute approximate surface area is 286 Å². The van der Waals surface area contributed by atoms with E-state index >= 15 is 0 Å². The molecule has 0 fully saturated rings. The number of nitrogens with zero attached hydrogens (tertiary/aromatic N) is 1. The third kappa shape index (κ3) is 4.19. The number of anilines is 3. The van der Waals surface area contributed by atoms with E-state index in [0.717, 1.165) is 94.0 Å². The van der Waals surface area contributed by atoms with Gasteiger partial charge in [-0.05, 0) is 119 Å². The molecule has 50 heavy (non-hydrogen) atoms. The van der Waals surface area contributed by atoms with Gasteiger partial charge in [0.15, 0.2) is 0 Å². The van der Waals surface area contributed by atoms with Crippen LogP contribution in [0.2, 0.25) is 0 Å². The van der Waals surface area contributed by atoms with E-state index < -0.39 is 0 Å². The summed E-state index contributed by atoms with van der Waals surface area (Å²) in [6, 6.07) is 57.4. The lowest BCUT2D eigenvalue weighted by atomic mass is 10.0. The highest BCUT2D eigenvalue weighted by atomic mass is 16.3. The van der Waals surface area contributed by atoms with Crippen LogP contribution in [0.15, 0.2) is 177 Å². The van der Waals surface area contributed by atoms with Crippen molar-refractivity contribution >= 4 is 93.5 Å². The zero-order valence-corrected chi connectivity index (χ0v) is 26.8. The maximum Gasteiger partial charge on any atom is 0.136 e. The van der Waals surface area contributed by atoms with Crippen LogP contribution in [0.4, 0.5) is 17.1 Å². The van der Waals surface area contributed by atoms with Gasteiger partial charge in [0.05, 0.1) is 0 Å². The van der Waals surface area contributed by atoms with Crippen molar-refractivity contribution in [2.75, 3.05) is 4.90 Å². The fraction of sp³-hybridized carbons (Fsp3) is 0. The van der Waals surface area contributed by atoms with E-state index in [1.807, 2.05) is 42.5 Å². The summed E-state index contributed by atoms with van der Waals surface area (Å²) in [5.74, 6) is 0.852. The summed E-state index contributed by atoms with van der Waals surface area (Å²) >= 11 is 0. The molecule has 0 bridgehead atoms. The lowest BCUT2D eigenvalue weighted by Gasteiger charge is -2.26. The van der Waals surface area contributed by atoms with Crippen molar-refractivity contribution in [3.63, 3.8) is 0 Å². The molecule has 8 aromatic carbocycles. The summed E-state index contributed by atoms with van der Waals surface area (Å²) in [5, 5.41) is 10.2. The van der Waals surface area contributed by atoms with Crippen molar-refractivity contribution in [3.05, 3.63) is 164 Å². The first-order chi connectivity index (χ1) is 24.7. The topological polar surface area (TPSA) is 42.7 Å². The first-order valence-corrected chi connectivity index (χ1v) is 16.8. The van der Waals surface area contributed by atoms with Crippen LogP contribution in [0.25, 0.3) is 87.7 Å². The molecule has 0 N–H and O–H groups in total. The zero-order chi connectivity index (χ0) is 32.8. The van der Waals surface area contributed by atoms with Crippen LogP contribution in [0.5, 0.6) is 0 Å². The normalized spacial score (nSPS) is 12.0. The van der Waals surface area contributed by atoms with Crippen LogP contribution in [-0.2, 0) is 0 Å². The lowest BCUT2D eigenvalue weighted by Crippen LogP contribution is -2.09. The Kier molecular flexibility index (Phi) is 5.63. The largest absolute Gasteiger partial charge is 0.456 e. The number of hydrogen-bond donors (Lipinski definition) is 0. The Hall–Kier alpha value is -6.78. The Morgan fingerprint density at radius 3 is 1.40 bits per heavy atom. The molecule has 4 heteroatoms. The second-order valence-electron chi connectivity index (χ2n) is 13.0. The average molecular weight is 642 g/mol. The number of furan rings is 3. The standard InChI is InChI=1S/C46H27NO3/c1-4-10-41-31(7-1)25-44(48-41)28-13-17-34(18-14-28)47(35-19-15-29-23-39-37-8-2-5-11-42(37)49-45(39)26-32(29)21-35)36-20-16-30-24-40-38-9-3-6-12-43(38)50-46(40)27-33(30)22-36/h1-27H. The maximum atomic E-state index is 6.28. The number of fused-ring (bicyclic) bond motifs is 9. The zero-order valence-electron chi connectivity index (χ0n) is 26.8. The van der Waals surface area contributed by atoms with E-state index in [2.05, 4.69) is 126 Å². The van der Waals surface area contributed by atoms with Gasteiger partial charge in [0.25, 0.3) is 0 Å². The molecule has 3 aromatic heterocycles. The number of hydrogen-bond acceptors (Lipinski definition) is 4. The highest BCUT2D eigenvalue weighted by Crippen LogP contribution is 2.41. The minimum atomic E-state index is 0.852. The molecule has 0 amide bonds. The number of benzene rings is 8. The molecule has 0 radical (unpaired) electrons. The highest BCUT2D eigenvalue weighted by Gasteiger charge is 2.17. The molecular weight excluding hydrogens is 615 g/mol. The summed E-state index contributed by atoms with van der Waals surface area (Å²) in [6.45, 7) is 0. The average Bonchev–Trinajstić information content (AvgIpc) is 3.86. The minimum Gasteiger partial charge on any atom is -0.456 e. The van der Waals surface area contributed by atoms with E-state index in [1.165, 1.54) is 10.8 Å². The van der Waals surface area contributed by atoms with Gasteiger partial charge in [-0.25, -0.2) is 0 Å². The van der Waals surface area contributed by atoms with Gasteiger partial charge in [-0.15, -0.1) is 0 Å². The van der Waals surface area contributed by atoms with E-state index in [4.69, 9.17) is 13.3 Å². The molecule has 0 spiro atoms. The maximum absolute atomic E-state index is 6.28. The summed E-state index contributed by atoms with van der Waals surface area (Å²) in [7, 11) is 0. The lowest BCUT2D eigenvalue weighted by molar-refractivity contribution is 0.631. The molecule has 0 unspecified atom stereocenters. The smallest absolute Gasteiger partial charge is 0.136 e. The summed E-state index contributed by atoms with van der Waals surface area (Å²) in [6.07, 6.45) is 0. The molecule has 0 saturated heterocycles. The number of para-hydroxylation sites is 3. The van der Waals surface area contributed by atoms with Gasteiger partial charge in [0.2, 0.25) is 0 Å². The van der Waals surface area contributed by atoms with Crippen LogP contribution in [0.1, 0.15) is 0 Å². The molecule has 4 nitrogen and oxygen atoms in total. The van der Waals surface area contributed by atoms with Gasteiger partial charge in [0.1, 0.15) is 33.7 Å². The van der Waals surface area contributed by atoms with Crippen molar-refractivity contribution in [1.82, 2.24) is 0 Å². The minimum absolute atomic E-state index is 0.852. The first kappa shape index (κ1) is 27.2. The number of rotatable bonds is 4. The molecule has 3 heterocycles. The van der Waals surface area contributed by atoms with Gasteiger partial charge >= 0.3 is 0 Å². The van der Waals surface area contributed by atoms with Crippen LogP contribution < -0.4 is 4.90 Å². The van der Waals surface area contributed by atoms with Crippen molar-refractivity contribution < 1.29 is 13.3 Å². The summed E-state index contributed by atoms with van der Waals surface area (Å²) < 4.78 is 18.8. The van der Waals surface area contributed by atoms with Gasteiger partial charge < -0.3 is 18.2 Å². The molecular formula is C46H27NO3. The third-order valence-corrected chi connectivity index (χ3v) is 9.99. The third-order valence-electron chi connectivity index (χ3n) is 9.99. The molecule has 11 aromatic rings. The van der Waals surface area contributed by atoms with Crippen molar-refractivity contribution in [3.8, 4) is 11.3 Å². The first-order valence-electron chi connectivity index (χ1n) is 16.8. The van der Waals surface area contributed by atoms with Crippen LogP contribution in [0.3, 0.4) is 0 Å². The Bertz CT molecular complexity index is 2920. The fourth-order valence-corrected chi connectivity index (χ4v) is 7.54. The van der Waals surface area contributed by atoms with Crippen LogP contribution in [0, 0.1) is 0 Å². The molecule has 0 saturated carbocycles. The van der Waals surface area contributed by atoms with Crippen molar-refractivity contribution in [2.24, 2.45) is 0 Å². The van der Waals surface area contributed by atoms with E-state index in [9.17, 15) is 0 Å². The van der Waals surface area contributed by atoms with E-state index in [0.29, 0.717) is 0 Å². The molecule has 234 valence electrons. The quantitative estimate of drug-likeness (QED) is 0.192. The molecule has 0 aliphatic rings. The Morgan fingerprint density at radius 1 is 0.300 bits per heavy atom. The predicted molar refractivity (Wildman–Crippen MR) is 206 cm³/mol. The monoisotopic (exact) mass is 641 g/mol. The van der Waals surface area contributed by atoms with Gasteiger partial charge in [-0.1, -0.05) is 66.7 Å². The molecule has 0 aliphatic heterocycles. The second kappa shape index (κ2) is 10.4. The van der Waals surface area contributed by atoms with E-state index in [1.54, 1.807) is 0 Å². The van der Waals surface area contributed by atoms with E-state index in [-0.39, 0.29) is 0 Å². The van der Waals surface area contributed by atoms with Gasteiger partial charge in [-0.2, -0.15) is 0 Å². The fourth-order valence-electron chi connectivity index (χ4n) is 7.54. The Morgan fingerprint density at radius 2 is 0.820 bits per heavy atom. The summed E-state index contributed by atoms with van der Waals surface area (Å²) in [5.41, 5.74) is 8.63. The highest BCUT2D eigenvalue weighted by molar-refractivity contribution is 6.12. The SMILES string of the molecule is c1ccc2oc(-c3ccc(N(c4ccc5cc6c(cc5c4)oc4ccccc46)c4ccc5cc6c(cc5c4)oc4ccccc46)cc3)cc2c1. The van der Waals surface area contributed by atoms with Crippen molar-refractivity contribution in [2.45, 2.75) is 0 Å². The Balaban J connectivity index is 1.08. The van der Waals surface area contributed by atoms with Gasteiger partial charge in [0, 0.05) is 49.6 Å². The summed E-state index contributed by atoms with van der Waals surface area (Å²) in [4.78, 5) is 2.31. The van der Waals surface area contributed by atoms with Crippen LogP contribution in [-0.4, -0.2) is 0 Å².